The summed E-state index contributed by atoms with van der Waals surface area (Å²) in [5, 5.41) is 3.53. The fraction of sp³-hybridized carbons (Fsp3) is 0.593. The molecule has 0 radical (unpaired) electrons. The number of hydrogen-bond acceptors (Lipinski definition) is 6. The van der Waals surface area contributed by atoms with Crippen LogP contribution in [0, 0.1) is 0 Å². The standard InChI is InChI=1S/C27H38N4O2/c1-19(2)31(3)17-24-25(18-32)29-26(22-13-15-33-16-14-22)30-27(24)28-23-11-9-21(10-12-23)20-7-5-4-6-8-20/h9-12,18-20,22H,4-8,13-17H2,1-3H3,(H,28,29,30). The van der Waals surface area contributed by atoms with Crippen LogP contribution in [0.2, 0.25) is 0 Å². The first-order valence-electron chi connectivity index (χ1n) is 12.6. The van der Waals surface area contributed by atoms with Crippen molar-refractivity contribution in [3.05, 3.63) is 46.9 Å². The second-order valence-electron chi connectivity index (χ2n) is 9.89. The van der Waals surface area contributed by atoms with Gasteiger partial charge in [-0.1, -0.05) is 31.4 Å². The molecule has 4 rings (SSSR count). The van der Waals surface area contributed by atoms with E-state index in [1.165, 1.54) is 37.7 Å². The summed E-state index contributed by atoms with van der Waals surface area (Å²) in [5.41, 5.74) is 3.77. The zero-order valence-corrected chi connectivity index (χ0v) is 20.3. The maximum absolute atomic E-state index is 12.1. The van der Waals surface area contributed by atoms with E-state index in [1.807, 2.05) is 0 Å². The maximum atomic E-state index is 12.1. The number of rotatable bonds is 8. The topological polar surface area (TPSA) is 67.4 Å². The van der Waals surface area contributed by atoms with E-state index < -0.39 is 0 Å². The monoisotopic (exact) mass is 450 g/mol. The summed E-state index contributed by atoms with van der Waals surface area (Å²) in [5.74, 6) is 2.40. The molecule has 2 heterocycles. The van der Waals surface area contributed by atoms with Gasteiger partial charge in [0.1, 0.15) is 17.3 Å². The molecule has 33 heavy (non-hydrogen) atoms. The summed E-state index contributed by atoms with van der Waals surface area (Å²) in [6, 6.07) is 9.15. The molecule has 6 nitrogen and oxygen atoms in total. The molecule has 1 aromatic heterocycles. The van der Waals surface area contributed by atoms with Crippen molar-refractivity contribution in [3.63, 3.8) is 0 Å². The van der Waals surface area contributed by atoms with Gasteiger partial charge < -0.3 is 10.1 Å². The maximum Gasteiger partial charge on any atom is 0.168 e. The van der Waals surface area contributed by atoms with Crippen molar-refractivity contribution in [2.45, 2.75) is 83.2 Å². The largest absolute Gasteiger partial charge is 0.381 e. The Morgan fingerprint density at radius 1 is 1.03 bits per heavy atom. The molecule has 1 saturated heterocycles. The smallest absolute Gasteiger partial charge is 0.168 e. The SMILES string of the molecule is CC(C)N(C)Cc1c(C=O)nc(C2CCOCC2)nc1Nc1ccc(C2CCCCC2)cc1. The Balaban J connectivity index is 1.63. The third-order valence-corrected chi connectivity index (χ3v) is 7.29. The van der Waals surface area contributed by atoms with Crippen LogP contribution in [0.5, 0.6) is 0 Å². The first-order chi connectivity index (χ1) is 16.0. The molecule has 0 unspecified atom stereocenters. The van der Waals surface area contributed by atoms with Crippen LogP contribution in [0.3, 0.4) is 0 Å². The molecule has 1 aliphatic heterocycles. The van der Waals surface area contributed by atoms with E-state index in [9.17, 15) is 4.79 Å². The zero-order chi connectivity index (χ0) is 23.2. The van der Waals surface area contributed by atoms with Gasteiger partial charge in [0.25, 0.3) is 0 Å². The van der Waals surface area contributed by atoms with Gasteiger partial charge in [-0.3, -0.25) is 9.69 Å². The lowest BCUT2D eigenvalue weighted by Crippen LogP contribution is -2.27. The minimum atomic E-state index is 0.226. The van der Waals surface area contributed by atoms with Crippen LogP contribution in [0.1, 0.15) is 98.1 Å². The number of carbonyl (C=O) groups is 1. The molecular formula is C27H38N4O2. The first-order valence-corrected chi connectivity index (χ1v) is 12.6. The molecule has 0 atom stereocenters. The van der Waals surface area contributed by atoms with Crippen LogP contribution in [0.25, 0.3) is 0 Å². The summed E-state index contributed by atoms with van der Waals surface area (Å²) in [7, 11) is 2.06. The molecule has 0 amide bonds. The van der Waals surface area contributed by atoms with Crippen molar-refractivity contribution < 1.29 is 9.53 Å². The molecule has 2 fully saturated rings. The second kappa shape index (κ2) is 11.2. The number of carbonyl (C=O) groups excluding carboxylic acids is 1. The van der Waals surface area contributed by atoms with E-state index in [2.05, 4.69) is 55.4 Å². The number of nitrogens with one attached hydrogen (secondary N) is 1. The van der Waals surface area contributed by atoms with Gasteiger partial charge in [0.2, 0.25) is 0 Å². The highest BCUT2D eigenvalue weighted by atomic mass is 16.5. The van der Waals surface area contributed by atoms with Gasteiger partial charge in [-0.15, -0.1) is 0 Å². The molecule has 178 valence electrons. The molecule has 0 spiro atoms. The predicted molar refractivity (Wildman–Crippen MR) is 132 cm³/mol. The van der Waals surface area contributed by atoms with E-state index in [-0.39, 0.29) is 5.92 Å². The summed E-state index contributed by atoms with van der Waals surface area (Å²) in [6.07, 6.45) is 9.28. The Hall–Kier alpha value is -2.31. The number of nitrogens with zero attached hydrogens (tertiary/aromatic N) is 3. The molecule has 1 N–H and O–H groups in total. The lowest BCUT2D eigenvalue weighted by Gasteiger charge is -2.26. The zero-order valence-electron chi connectivity index (χ0n) is 20.3. The van der Waals surface area contributed by atoms with Gasteiger partial charge in [-0.2, -0.15) is 0 Å². The van der Waals surface area contributed by atoms with Gasteiger partial charge >= 0.3 is 0 Å². The molecule has 0 bridgehead atoms. The van der Waals surface area contributed by atoms with Gasteiger partial charge in [0.05, 0.1) is 0 Å². The number of aldehydes is 1. The molecule has 2 aromatic rings. The Bertz CT molecular complexity index is 916. The number of anilines is 2. The van der Waals surface area contributed by atoms with Gasteiger partial charge in [0, 0.05) is 43.0 Å². The van der Waals surface area contributed by atoms with E-state index in [0.29, 0.717) is 37.4 Å². The van der Waals surface area contributed by atoms with Crippen LogP contribution < -0.4 is 5.32 Å². The molecule has 1 saturated carbocycles. The lowest BCUT2D eigenvalue weighted by molar-refractivity contribution is 0.0835. The van der Waals surface area contributed by atoms with Crippen molar-refractivity contribution in [2.75, 3.05) is 25.6 Å². The Kier molecular flexibility index (Phi) is 8.10. The van der Waals surface area contributed by atoms with Crippen LogP contribution in [-0.2, 0) is 11.3 Å². The van der Waals surface area contributed by atoms with E-state index in [4.69, 9.17) is 14.7 Å². The van der Waals surface area contributed by atoms with E-state index in [1.54, 1.807) is 0 Å². The quantitative estimate of drug-likeness (QED) is 0.512. The van der Waals surface area contributed by atoms with Crippen molar-refractivity contribution in [2.24, 2.45) is 0 Å². The number of hydrogen-bond donors (Lipinski definition) is 1. The van der Waals surface area contributed by atoms with E-state index >= 15 is 0 Å². The second-order valence-corrected chi connectivity index (χ2v) is 9.89. The molecule has 2 aliphatic rings. The van der Waals surface area contributed by atoms with Crippen molar-refractivity contribution in [1.82, 2.24) is 14.9 Å². The lowest BCUT2D eigenvalue weighted by atomic mass is 9.84. The minimum absolute atomic E-state index is 0.226. The number of ether oxygens (including phenoxy) is 1. The third-order valence-electron chi connectivity index (χ3n) is 7.29. The van der Waals surface area contributed by atoms with E-state index in [0.717, 1.165) is 42.0 Å². The number of benzene rings is 1. The molecule has 1 aliphatic carbocycles. The van der Waals surface area contributed by atoms with Crippen LogP contribution in [0.15, 0.2) is 24.3 Å². The first kappa shape index (κ1) is 23.8. The average molecular weight is 451 g/mol. The Labute approximate surface area is 198 Å². The average Bonchev–Trinajstić information content (AvgIpc) is 2.86. The highest BCUT2D eigenvalue weighted by Gasteiger charge is 2.24. The van der Waals surface area contributed by atoms with Crippen molar-refractivity contribution >= 4 is 17.8 Å². The third kappa shape index (κ3) is 5.98. The van der Waals surface area contributed by atoms with Crippen molar-refractivity contribution in [3.8, 4) is 0 Å². The summed E-state index contributed by atoms with van der Waals surface area (Å²) in [4.78, 5) is 23.9. The Morgan fingerprint density at radius 3 is 2.36 bits per heavy atom. The number of aromatic nitrogens is 2. The van der Waals surface area contributed by atoms with Gasteiger partial charge in [-0.05, 0) is 70.2 Å². The Morgan fingerprint density at radius 2 is 1.73 bits per heavy atom. The summed E-state index contributed by atoms with van der Waals surface area (Å²) < 4.78 is 5.52. The minimum Gasteiger partial charge on any atom is -0.381 e. The fourth-order valence-electron chi connectivity index (χ4n) is 4.86. The molecular weight excluding hydrogens is 412 g/mol. The van der Waals surface area contributed by atoms with Crippen LogP contribution in [0.4, 0.5) is 11.5 Å². The normalized spacial score (nSPS) is 18.1. The highest BCUT2D eigenvalue weighted by Crippen LogP contribution is 2.34. The summed E-state index contributed by atoms with van der Waals surface area (Å²) in [6.45, 7) is 6.34. The van der Waals surface area contributed by atoms with Crippen LogP contribution >= 0.6 is 0 Å². The van der Waals surface area contributed by atoms with Crippen molar-refractivity contribution in [1.29, 1.82) is 0 Å². The highest BCUT2D eigenvalue weighted by molar-refractivity contribution is 5.78. The fourth-order valence-corrected chi connectivity index (χ4v) is 4.86. The van der Waals surface area contributed by atoms with Gasteiger partial charge in [0.15, 0.2) is 6.29 Å². The molecule has 6 heteroatoms. The van der Waals surface area contributed by atoms with Crippen LogP contribution in [-0.4, -0.2) is 47.5 Å². The molecule has 1 aromatic carbocycles. The van der Waals surface area contributed by atoms with Gasteiger partial charge in [-0.25, -0.2) is 9.97 Å². The summed E-state index contributed by atoms with van der Waals surface area (Å²) >= 11 is 0. The predicted octanol–water partition coefficient (Wildman–Crippen LogP) is 5.81.